The summed E-state index contributed by atoms with van der Waals surface area (Å²) in [5.74, 6) is 0. The third kappa shape index (κ3) is 18.3. The van der Waals surface area contributed by atoms with Gasteiger partial charge in [0.05, 0.1) is 72.7 Å². The largest absolute Gasteiger partial charge is 0.394 e. The number of allylic oxidation sites excluding steroid dienone is 2. The molecule has 0 saturated heterocycles. The summed E-state index contributed by atoms with van der Waals surface area (Å²) < 4.78 is 26.7. The highest BCUT2D eigenvalue weighted by Gasteiger charge is 2.01. The van der Waals surface area contributed by atoms with E-state index in [1.165, 1.54) is 5.57 Å². The average Bonchev–Trinajstić information content (AvgIpc) is 2.72. The Morgan fingerprint density at radius 3 is 1.81 bits per heavy atom. The van der Waals surface area contributed by atoms with Gasteiger partial charge in [-0.25, -0.2) is 0 Å². The van der Waals surface area contributed by atoms with Crippen molar-refractivity contribution in [2.75, 3.05) is 72.7 Å². The maximum Gasteiger partial charge on any atom is 0.100 e. The first-order valence-electron chi connectivity index (χ1n) is 9.86. The molecule has 0 amide bonds. The van der Waals surface area contributed by atoms with Gasteiger partial charge in [-0.05, 0) is 18.4 Å². The molecule has 1 aliphatic rings. The normalized spacial score (nSPS) is 14.4. The van der Waals surface area contributed by atoms with E-state index in [2.05, 4.69) is 18.2 Å². The van der Waals surface area contributed by atoms with Crippen LogP contribution in [0.1, 0.15) is 26.7 Å². The zero-order valence-electron chi connectivity index (χ0n) is 16.9. The van der Waals surface area contributed by atoms with Gasteiger partial charge in [-0.3, -0.25) is 0 Å². The lowest BCUT2D eigenvalue weighted by atomic mass is 10.1. The fraction of sp³-hybridized carbons (Fsp3) is 0.800. The van der Waals surface area contributed by atoms with Crippen LogP contribution in [0, 0.1) is 0 Å². The second-order valence-electron chi connectivity index (χ2n) is 5.56. The fourth-order valence-corrected chi connectivity index (χ4v) is 2.01. The van der Waals surface area contributed by atoms with Gasteiger partial charge < -0.3 is 33.9 Å². The smallest absolute Gasteiger partial charge is 0.100 e. The predicted molar refractivity (Wildman–Crippen MR) is 105 cm³/mol. The van der Waals surface area contributed by atoms with Crippen molar-refractivity contribution in [1.29, 1.82) is 0 Å². The van der Waals surface area contributed by atoms with Crippen LogP contribution in [-0.2, 0) is 23.7 Å². The van der Waals surface area contributed by atoms with Crippen molar-refractivity contribution in [3.05, 3.63) is 23.8 Å². The van der Waals surface area contributed by atoms with Crippen LogP contribution in [0.4, 0.5) is 0 Å². The van der Waals surface area contributed by atoms with Gasteiger partial charge in [-0.15, -0.1) is 0 Å². The van der Waals surface area contributed by atoms with Crippen molar-refractivity contribution in [2.24, 2.45) is 0 Å². The van der Waals surface area contributed by atoms with Gasteiger partial charge in [-0.1, -0.05) is 32.1 Å². The summed E-state index contributed by atoms with van der Waals surface area (Å²) in [4.78, 5) is 0. The molecule has 0 heterocycles. The Morgan fingerprint density at radius 1 is 0.815 bits per heavy atom. The van der Waals surface area contributed by atoms with Crippen LogP contribution in [0.2, 0.25) is 0 Å². The summed E-state index contributed by atoms with van der Waals surface area (Å²) in [5.41, 5.74) is 1.24. The number of aliphatic hydroxyl groups excluding tert-OH is 2. The van der Waals surface area contributed by atoms with E-state index in [1.54, 1.807) is 0 Å². The molecule has 1 atom stereocenters. The third-order valence-electron chi connectivity index (χ3n) is 3.35. The first-order valence-corrected chi connectivity index (χ1v) is 9.86. The summed E-state index contributed by atoms with van der Waals surface area (Å²) >= 11 is 0. The van der Waals surface area contributed by atoms with Gasteiger partial charge >= 0.3 is 0 Å². The van der Waals surface area contributed by atoms with Gasteiger partial charge in [0.1, 0.15) is 6.10 Å². The molecule has 0 fully saturated rings. The standard InChI is InChI=1S/C18H32O7.C2H6/c19-14-18(20)16-25-13-11-23-9-7-21-6-8-22-10-12-24-15-17-4-2-1-3-5-17;1-2/h2,4-5,18-20H,1,3,6-16H2;1-2H3. The van der Waals surface area contributed by atoms with Gasteiger partial charge in [0.25, 0.3) is 0 Å². The molecule has 0 bridgehead atoms. The summed E-state index contributed by atoms with van der Waals surface area (Å²) in [5, 5.41) is 17.6. The quantitative estimate of drug-likeness (QED) is 0.366. The molecule has 0 aromatic rings. The molecule has 0 aromatic heterocycles. The van der Waals surface area contributed by atoms with Crippen molar-refractivity contribution < 1.29 is 33.9 Å². The molecule has 1 rings (SSSR count). The zero-order chi connectivity index (χ0) is 20.0. The van der Waals surface area contributed by atoms with Gasteiger partial charge in [-0.2, -0.15) is 0 Å². The van der Waals surface area contributed by atoms with E-state index in [4.69, 9.17) is 33.9 Å². The Bertz CT molecular complexity index is 358. The van der Waals surface area contributed by atoms with Crippen LogP contribution in [0.3, 0.4) is 0 Å². The molecule has 2 N–H and O–H groups in total. The molecule has 160 valence electrons. The molecule has 7 nitrogen and oxygen atoms in total. The fourth-order valence-electron chi connectivity index (χ4n) is 2.01. The molecule has 1 unspecified atom stereocenters. The van der Waals surface area contributed by atoms with Crippen molar-refractivity contribution in [3.63, 3.8) is 0 Å². The average molecular weight is 391 g/mol. The monoisotopic (exact) mass is 390 g/mol. The minimum absolute atomic E-state index is 0.117. The van der Waals surface area contributed by atoms with Crippen LogP contribution in [0.5, 0.6) is 0 Å². The minimum atomic E-state index is -0.824. The van der Waals surface area contributed by atoms with E-state index in [9.17, 15) is 0 Å². The second-order valence-corrected chi connectivity index (χ2v) is 5.56. The Balaban J connectivity index is 0.00000326. The topological polar surface area (TPSA) is 86.6 Å². The molecule has 1 aliphatic carbocycles. The highest BCUT2D eigenvalue weighted by Crippen LogP contribution is 2.09. The molecule has 27 heavy (non-hydrogen) atoms. The Hall–Kier alpha value is -0.800. The van der Waals surface area contributed by atoms with Gasteiger partial charge in [0.2, 0.25) is 0 Å². The van der Waals surface area contributed by atoms with Crippen LogP contribution >= 0.6 is 0 Å². The van der Waals surface area contributed by atoms with E-state index in [-0.39, 0.29) is 13.2 Å². The van der Waals surface area contributed by atoms with E-state index < -0.39 is 6.10 Å². The summed E-state index contributed by atoms with van der Waals surface area (Å²) in [7, 11) is 0. The summed E-state index contributed by atoms with van der Waals surface area (Å²) in [6, 6.07) is 0. The molecule has 0 aromatic carbocycles. The molecule has 0 radical (unpaired) electrons. The molecular weight excluding hydrogens is 352 g/mol. The van der Waals surface area contributed by atoms with Crippen LogP contribution < -0.4 is 0 Å². The van der Waals surface area contributed by atoms with E-state index >= 15 is 0 Å². The van der Waals surface area contributed by atoms with Crippen molar-refractivity contribution in [2.45, 2.75) is 32.8 Å². The molecule has 0 saturated carbocycles. The van der Waals surface area contributed by atoms with E-state index in [0.717, 1.165) is 12.8 Å². The lowest BCUT2D eigenvalue weighted by Crippen LogP contribution is -2.21. The van der Waals surface area contributed by atoms with Crippen LogP contribution in [-0.4, -0.2) is 89.0 Å². The summed E-state index contributed by atoms with van der Waals surface area (Å²) in [6.07, 6.45) is 7.90. The number of hydrogen-bond acceptors (Lipinski definition) is 7. The first-order chi connectivity index (χ1) is 13.3. The van der Waals surface area contributed by atoms with Crippen LogP contribution in [0.25, 0.3) is 0 Å². The maximum atomic E-state index is 9.05. The Kier molecular flexibility index (Phi) is 20.9. The Morgan fingerprint density at radius 2 is 1.33 bits per heavy atom. The highest BCUT2D eigenvalue weighted by atomic mass is 16.6. The molecule has 0 aliphatic heterocycles. The molecular formula is C20H38O7. The molecule has 7 heteroatoms. The Labute approximate surface area is 163 Å². The molecule has 0 spiro atoms. The van der Waals surface area contributed by atoms with Crippen molar-refractivity contribution >= 4 is 0 Å². The first kappa shape index (κ1) is 26.2. The lowest BCUT2D eigenvalue weighted by Gasteiger charge is -2.10. The van der Waals surface area contributed by atoms with E-state index in [0.29, 0.717) is 59.5 Å². The highest BCUT2D eigenvalue weighted by molar-refractivity contribution is 5.22. The number of ether oxygens (including phenoxy) is 5. The predicted octanol–water partition coefficient (Wildman–Crippen LogP) is 1.73. The lowest BCUT2D eigenvalue weighted by molar-refractivity contribution is -0.0285. The third-order valence-corrected chi connectivity index (χ3v) is 3.35. The van der Waals surface area contributed by atoms with Gasteiger partial charge in [0, 0.05) is 0 Å². The zero-order valence-corrected chi connectivity index (χ0v) is 16.9. The number of hydrogen-bond donors (Lipinski definition) is 2. The SMILES string of the molecule is CC.OCC(O)COCCOCCOCCOCCOCC1=CCCC=C1. The maximum absolute atomic E-state index is 9.05. The van der Waals surface area contributed by atoms with Crippen molar-refractivity contribution in [1.82, 2.24) is 0 Å². The number of aliphatic hydroxyl groups is 2. The summed E-state index contributed by atoms with van der Waals surface area (Å²) in [6.45, 7) is 8.48. The number of rotatable bonds is 17. The van der Waals surface area contributed by atoms with Crippen LogP contribution in [0.15, 0.2) is 23.8 Å². The van der Waals surface area contributed by atoms with E-state index in [1.807, 2.05) is 13.8 Å². The minimum Gasteiger partial charge on any atom is -0.394 e. The van der Waals surface area contributed by atoms with Crippen molar-refractivity contribution in [3.8, 4) is 0 Å². The van der Waals surface area contributed by atoms with Gasteiger partial charge in [0.15, 0.2) is 0 Å². The second kappa shape index (κ2) is 21.5.